The van der Waals surface area contributed by atoms with Crippen molar-refractivity contribution in [3.05, 3.63) is 0 Å². The van der Waals surface area contributed by atoms with E-state index in [-0.39, 0.29) is 46.2 Å². The molecule has 0 saturated heterocycles. The molecule has 0 saturated carbocycles. The number of hydrogen-bond acceptors (Lipinski definition) is 9. The third-order valence-electron chi connectivity index (χ3n) is 4.96. The summed E-state index contributed by atoms with van der Waals surface area (Å²) in [7, 11) is 0. The molecule has 0 aliphatic rings. The molecule has 0 fully saturated rings. The molecule has 0 aliphatic heterocycles. The van der Waals surface area contributed by atoms with Gasteiger partial charge in [0, 0.05) is 5.41 Å². The lowest BCUT2D eigenvalue weighted by Gasteiger charge is -2.31. The molecule has 0 amide bonds. The van der Waals surface area contributed by atoms with E-state index in [9.17, 15) is 20.4 Å². The molecule has 0 aliphatic carbocycles. The summed E-state index contributed by atoms with van der Waals surface area (Å²) in [6.07, 6.45) is 1.03. The highest BCUT2D eigenvalue weighted by molar-refractivity contribution is 4.77. The Morgan fingerprint density at radius 3 is 1.50 bits per heavy atom. The Balaban J connectivity index is 0. The fraction of sp³-hybridized carbons (Fsp3) is 1.00. The van der Waals surface area contributed by atoms with E-state index in [1.165, 1.54) is 0 Å². The minimum Gasteiger partial charge on any atom is -0.396 e. The van der Waals surface area contributed by atoms with E-state index in [4.69, 9.17) is 24.8 Å². The maximum absolute atomic E-state index is 9.86. The van der Waals surface area contributed by atoms with Gasteiger partial charge in [-0.3, -0.25) is 0 Å². The van der Waals surface area contributed by atoms with Crippen LogP contribution < -0.4 is 0 Å². The second kappa shape index (κ2) is 20.5. The smallest absolute Gasteiger partial charge is 0.0773 e. The predicted molar refractivity (Wildman–Crippen MR) is 114 cm³/mol. The molecular weight excluding hydrogens is 396 g/mol. The van der Waals surface area contributed by atoms with Crippen molar-refractivity contribution in [1.82, 2.24) is 0 Å². The van der Waals surface area contributed by atoms with E-state index in [1.807, 2.05) is 20.8 Å². The first kappa shape index (κ1) is 31.8. The molecule has 0 aromatic rings. The van der Waals surface area contributed by atoms with Crippen molar-refractivity contribution in [1.29, 1.82) is 0 Å². The van der Waals surface area contributed by atoms with Crippen LogP contribution >= 0.6 is 0 Å². The number of aliphatic hydroxyl groups is 7. The minimum absolute atomic E-state index is 0.0928. The van der Waals surface area contributed by atoms with Gasteiger partial charge in [0.1, 0.15) is 0 Å². The van der Waals surface area contributed by atoms with Crippen molar-refractivity contribution in [3.8, 4) is 0 Å². The third-order valence-corrected chi connectivity index (χ3v) is 4.96. The SMILES string of the molecule is CCC(O)CO.CCC(O)COCC(CC)(CO)COCC(O)CCCC(O)CO. The van der Waals surface area contributed by atoms with Gasteiger partial charge in [0.2, 0.25) is 0 Å². The highest BCUT2D eigenvalue weighted by atomic mass is 16.5. The Labute approximate surface area is 181 Å². The van der Waals surface area contributed by atoms with Crippen molar-refractivity contribution < 1.29 is 45.2 Å². The van der Waals surface area contributed by atoms with E-state index >= 15 is 0 Å². The van der Waals surface area contributed by atoms with Crippen LogP contribution in [0.25, 0.3) is 0 Å². The highest BCUT2D eigenvalue weighted by Crippen LogP contribution is 2.23. The van der Waals surface area contributed by atoms with Crippen LogP contribution in [0.3, 0.4) is 0 Å². The molecule has 7 N–H and O–H groups in total. The molecule has 5 atom stereocenters. The third kappa shape index (κ3) is 17.3. The number of aliphatic hydroxyl groups excluding tert-OH is 7. The highest BCUT2D eigenvalue weighted by Gasteiger charge is 2.29. The van der Waals surface area contributed by atoms with Gasteiger partial charge in [0.25, 0.3) is 0 Å². The number of ether oxygens (including phenoxy) is 2. The molecule has 0 heterocycles. The molecule has 30 heavy (non-hydrogen) atoms. The lowest BCUT2D eigenvalue weighted by Crippen LogP contribution is -2.37. The lowest BCUT2D eigenvalue weighted by atomic mass is 9.88. The standard InChI is InChI=1S/C17H36O7.C4H10O2/c1-3-14(20)9-23-12-17(4-2,11-19)13-24-10-16(22)7-5-6-15(21)8-18;1-2-4(6)3-5/h14-16,18-22H,3-13H2,1-2H3;4-6H,2-3H2,1H3. The van der Waals surface area contributed by atoms with E-state index in [0.29, 0.717) is 38.5 Å². The molecular formula is C21H46O9. The molecule has 0 radical (unpaired) electrons. The molecule has 9 heteroatoms. The van der Waals surface area contributed by atoms with Gasteiger partial charge in [-0.1, -0.05) is 20.8 Å². The summed E-state index contributed by atoms with van der Waals surface area (Å²) >= 11 is 0. The zero-order chi connectivity index (χ0) is 23.4. The normalized spacial score (nSPS) is 17.4. The van der Waals surface area contributed by atoms with Gasteiger partial charge < -0.3 is 45.2 Å². The van der Waals surface area contributed by atoms with Gasteiger partial charge in [0.15, 0.2) is 0 Å². The first-order valence-corrected chi connectivity index (χ1v) is 10.9. The van der Waals surface area contributed by atoms with Crippen LogP contribution in [0.5, 0.6) is 0 Å². The van der Waals surface area contributed by atoms with E-state index in [0.717, 1.165) is 0 Å². The first-order chi connectivity index (χ1) is 14.2. The van der Waals surface area contributed by atoms with Gasteiger partial charge in [0.05, 0.1) is 70.7 Å². The monoisotopic (exact) mass is 442 g/mol. The Morgan fingerprint density at radius 2 is 1.13 bits per heavy atom. The van der Waals surface area contributed by atoms with Crippen LogP contribution in [0.2, 0.25) is 0 Å². The molecule has 0 spiro atoms. The van der Waals surface area contributed by atoms with E-state index in [1.54, 1.807) is 0 Å². The van der Waals surface area contributed by atoms with E-state index in [2.05, 4.69) is 0 Å². The van der Waals surface area contributed by atoms with E-state index < -0.39 is 29.8 Å². The second-order valence-corrected chi connectivity index (χ2v) is 7.77. The molecule has 0 rings (SSSR count). The topological polar surface area (TPSA) is 160 Å². The molecule has 0 bridgehead atoms. The molecule has 0 aromatic carbocycles. The summed E-state index contributed by atoms with van der Waals surface area (Å²) in [5.74, 6) is 0. The van der Waals surface area contributed by atoms with Crippen molar-refractivity contribution in [3.63, 3.8) is 0 Å². The van der Waals surface area contributed by atoms with Gasteiger partial charge in [-0.05, 0) is 38.5 Å². The summed E-state index contributed by atoms with van der Waals surface area (Å²) in [5.41, 5.74) is -0.541. The molecule has 184 valence electrons. The zero-order valence-corrected chi connectivity index (χ0v) is 18.9. The summed E-state index contributed by atoms with van der Waals surface area (Å²) in [5, 5.41) is 63.5. The van der Waals surface area contributed by atoms with Gasteiger partial charge >= 0.3 is 0 Å². The number of hydrogen-bond donors (Lipinski definition) is 7. The summed E-state index contributed by atoms with van der Waals surface area (Å²) < 4.78 is 11.0. The van der Waals surface area contributed by atoms with Gasteiger partial charge in [-0.15, -0.1) is 0 Å². The zero-order valence-electron chi connectivity index (χ0n) is 18.9. The molecule has 5 unspecified atom stereocenters. The lowest BCUT2D eigenvalue weighted by molar-refractivity contribution is -0.0806. The number of rotatable bonds is 18. The van der Waals surface area contributed by atoms with Crippen molar-refractivity contribution >= 4 is 0 Å². The van der Waals surface area contributed by atoms with Crippen LogP contribution in [0, 0.1) is 5.41 Å². The molecule has 9 nitrogen and oxygen atoms in total. The first-order valence-electron chi connectivity index (χ1n) is 10.9. The minimum atomic E-state index is -0.740. The van der Waals surface area contributed by atoms with Crippen molar-refractivity contribution in [2.75, 3.05) is 46.2 Å². The van der Waals surface area contributed by atoms with Crippen LogP contribution in [0.4, 0.5) is 0 Å². The fourth-order valence-electron chi connectivity index (χ4n) is 2.28. The van der Waals surface area contributed by atoms with Crippen LogP contribution in [0.1, 0.15) is 59.3 Å². The summed E-state index contributed by atoms with van der Waals surface area (Å²) in [6.45, 7) is 6.08. The predicted octanol–water partition coefficient (Wildman–Crippen LogP) is -0.187. The average molecular weight is 443 g/mol. The Bertz CT molecular complexity index is 349. The molecule has 0 aromatic heterocycles. The maximum atomic E-state index is 9.86. The van der Waals surface area contributed by atoms with Crippen LogP contribution in [-0.4, -0.2) is 106 Å². The Kier molecular flexibility index (Phi) is 21.8. The van der Waals surface area contributed by atoms with Gasteiger partial charge in [-0.2, -0.15) is 0 Å². The Morgan fingerprint density at radius 1 is 0.667 bits per heavy atom. The van der Waals surface area contributed by atoms with Crippen molar-refractivity contribution in [2.45, 2.75) is 83.7 Å². The van der Waals surface area contributed by atoms with Gasteiger partial charge in [-0.25, -0.2) is 0 Å². The van der Waals surface area contributed by atoms with Crippen LogP contribution in [-0.2, 0) is 9.47 Å². The maximum Gasteiger partial charge on any atom is 0.0773 e. The summed E-state index contributed by atoms with van der Waals surface area (Å²) in [4.78, 5) is 0. The Hall–Kier alpha value is -0.360. The van der Waals surface area contributed by atoms with Crippen molar-refractivity contribution in [2.24, 2.45) is 5.41 Å². The fourth-order valence-corrected chi connectivity index (χ4v) is 2.28. The average Bonchev–Trinajstić information content (AvgIpc) is 2.77. The summed E-state index contributed by atoms with van der Waals surface area (Å²) in [6, 6.07) is 0. The quantitative estimate of drug-likeness (QED) is 0.153. The largest absolute Gasteiger partial charge is 0.396 e. The second-order valence-electron chi connectivity index (χ2n) is 7.77. The van der Waals surface area contributed by atoms with Crippen LogP contribution in [0.15, 0.2) is 0 Å².